The van der Waals surface area contributed by atoms with Crippen molar-refractivity contribution in [2.45, 2.75) is 44.9 Å². The number of aliphatic hydroxyl groups excluding tert-OH is 1. The zero-order chi connectivity index (χ0) is 12.1. The topological polar surface area (TPSA) is 41.5 Å². The van der Waals surface area contributed by atoms with Gasteiger partial charge in [-0.1, -0.05) is 19.1 Å². The first-order valence-electron chi connectivity index (χ1n) is 6.41. The maximum Gasteiger partial charge on any atom is 0.119 e. The molecule has 1 aliphatic carbocycles. The van der Waals surface area contributed by atoms with E-state index in [0.717, 1.165) is 24.8 Å². The Balaban J connectivity index is 1.82. The van der Waals surface area contributed by atoms with Gasteiger partial charge < -0.3 is 15.2 Å². The molecule has 0 spiro atoms. The highest BCUT2D eigenvalue weighted by atomic mass is 16.5. The molecule has 17 heavy (non-hydrogen) atoms. The second-order valence-corrected chi connectivity index (χ2v) is 4.68. The van der Waals surface area contributed by atoms with Crippen LogP contribution in [0.15, 0.2) is 24.3 Å². The highest BCUT2D eigenvalue weighted by Crippen LogP contribution is 2.20. The predicted octanol–water partition coefficient (Wildman–Crippen LogP) is 2.09. The molecule has 0 radical (unpaired) electrons. The maximum absolute atomic E-state index is 9.44. The molecule has 0 amide bonds. The number of hydrogen-bond donors (Lipinski definition) is 2. The van der Waals surface area contributed by atoms with Crippen LogP contribution >= 0.6 is 0 Å². The minimum absolute atomic E-state index is 0.371. The summed E-state index contributed by atoms with van der Waals surface area (Å²) in [5, 5.41) is 12.9. The average molecular weight is 235 g/mol. The molecule has 1 aliphatic rings. The monoisotopic (exact) mass is 235 g/mol. The molecule has 1 aromatic rings. The Labute approximate surface area is 103 Å². The van der Waals surface area contributed by atoms with Crippen molar-refractivity contribution >= 4 is 0 Å². The lowest BCUT2D eigenvalue weighted by atomic mass is 10.2. The summed E-state index contributed by atoms with van der Waals surface area (Å²) in [5.74, 6) is 0.840. The fourth-order valence-corrected chi connectivity index (χ4v) is 1.61. The molecule has 2 N–H and O–H groups in total. The molecule has 0 heterocycles. The lowest BCUT2D eigenvalue weighted by Crippen LogP contribution is -2.17. The Morgan fingerprint density at radius 3 is 3.00 bits per heavy atom. The Morgan fingerprint density at radius 2 is 2.29 bits per heavy atom. The molecule has 0 saturated heterocycles. The third kappa shape index (κ3) is 4.36. The van der Waals surface area contributed by atoms with Gasteiger partial charge in [-0.25, -0.2) is 0 Å². The van der Waals surface area contributed by atoms with Gasteiger partial charge in [0.15, 0.2) is 0 Å². The van der Waals surface area contributed by atoms with Crippen molar-refractivity contribution < 1.29 is 9.84 Å². The van der Waals surface area contributed by atoms with Crippen molar-refractivity contribution in [3.05, 3.63) is 29.8 Å². The fraction of sp³-hybridized carbons (Fsp3) is 0.571. The highest BCUT2D eigenvalue weighted by molar-refractivity contribution is 5.28. The molecule has 1 aromatic carbocycles. The molecule has 1 saturated carbocycles. The molecular formula is C14H21NO2. The molecule has 0 bridgehead atoms. The van der Waals surface area contributed by atoms with Crippen LogP contribution in [0.1, 0.15) is 31.7 Å². The van der Waals surface area contributed by atoms with Crippen LogP contribution < -0.4 is 10.1 Å². The van der Waals surface area contributed by atoms with Gasteiger partial charge in [0.05, 0.1) is 6.10 Å². The van der Waals surface area contributed by atoms with Gasteiger partial charge in [0.1, 0.15) is 12.4 Å². The van der Waals surface area contributed by atoms with Crippen molar-refractivity contribution in [2.24, 2.45) is 0 Å². The van der Waals surface area contributed by atoms with Crippen LogP contribution in [0.3, 0.4) is 0 Å². The van der Waals surface area contributed by atoms with Gasteiger partial charge in [0, 0.05) is 12.6 Å². The first-order chi connectivity index (χ1) is 8.28. The number of ether oxygens (including phenoxy) is 1. The smallest absolute Gasteiger partial charge is 0.119 e. The zero-order valence-corrected chi connectivity index (χ0v) is 10.4. The largest absolute Gasteiger partial charge is 0.491 e. The summed E-state index contributed by atoms with van der Waals surface area (Å²) in [6, 6.07) is 8.79. The maximum atomic E-state index is 9.44. The second-order valence-electron chi connectivity index (χ2n) is 4.68. The van der Waals surface area contributed by atoms with Crippen LogP contribution in [0.25, 0.3) is 0 Å². The first-order valence-corrected chi connectivity index (χ1v) is 6.41. The van der Waals surface area contributed by atoms with Crippen LogP contribution in [0.5, 0.6) is 5.75 Å². The Hall–Kier alpha value is -1.06. The lowest BCUT2D eigenvalue weighted by Gasteiger charge is -2.11. The molecule has 3 nitrogen and oxygen atoms in total. The van der Waals surface area contributed by atoms with E-state index in [4.69, 9.17) is 4.74 Å². The molecule has 3 heteroatoms. The normalized spacial score (nSPS) is 16.8. The van der Waals surface area contributed by atoms with Crippen LogP contribution in [0, 0.1) is 0 Å². The summed E-state index contributed by atoms with van der Waals surface area (Å²) in [6.07, 6.45) is 2.96. The van der Waals surface area contributed by atoms with Gasteiger partial charge in [-0.15, -0.1) is 0 Å². The van der Waals surface area contributed by atoms with E-state index in [1.807, 2.05) is 25.1 Å². The summed E-state index contributed by atoms with van der Waals surface area (Å²) in [6.45, 7) is 3.22. The third-order valence-electron chi connectivity index (χ3n) is 2.98. The molecule has 94 valence electrons. The number of hydrogen-bond acceptors (Lipinski definition) is 3. The molecule has 2 rings (SSSR count). The van der Waals surface area contributed by atoms with Crippen LogP contribution in [-0.2, 0) is 6.54 Å². The van der Waals surface area contributed by atoms with Crippen molar-refractivity contribution in [2.75, 3.05) is 6.61 Å². The minimum Gasteiger partial charge on any atom is -0.491 e. The van der Waals surface area contributed by atoms with Gasteiger partial charge in [0.2, 0.25) is 0 Å². The summed E-state index contributed by atoms with van der Waals surface area (Å²) < 4.78 is 5.54. The SMILES string of the molecule is CCC(O)COc1cccc(CNC2CC2)c1. The second kappa shape index (κ2) is 6.03. The average Bonchev–Trinajstić information content (AvgIpc) is 3.18. The van der Waals surface area contributed by atoms with Gasteiger partial charge in [-0.05, 0) is 37.0 Å². The minimum atomic E-state index is -0.372. The Bertz CT molecular complexity index is 350. The molecular weight excluding hydrogens is 214 g/mol. The van der Waals surface area contributed by atoms with Crippen LogP contribution in [0.2, 0.25) is 0 Å². The van der Waals surface area contributed by atoms with E-state index in [9.17, 15) is 5.11 Å². The van der Waals surface area contributed by atoms with Gasteiger partial charge in [-0.2, -0.15) is 0 Å². The standard InChI is InChI=1S/C14H21NO2/c1-2-13(16)10-17-14-5-3-4-11(8-14)9-15-12-6-7-12/h3-5,8,12-13,15-16H,2,6-7,9-10H2,1H3. The van der Waals surface area contributed by atoms with Gasteiger partial charge in [-0.3, -0.25) is 0 Å². The van der Waals surface area contributed by atoms with E-state index in [2.05, 4.69) is 11.4 Å². The van der Waals surface area contributed by atoms with Crippen molar-refractivity contribution in [3.63, 3.8) is 0 Å². The fourth-order valence-electron chi connectivity index (χ4n) is 1.61. The zero-order valence-electron chi connectivity index (χ0n) is 10.4. The summed E-state index contributed by atoms with van der Waals surface area (Å²) in [5.41, 5.74) is 1.24. The number of rotatable bonds is 7. The number of benzene rings is 1. The van der Waals surface area contributed by atoms with Crippen LogP contribution in [0.4, 0.5) is 0 Å². The van der Waals surface area contributed by atoms with E-state index < -0.39 is 0 Å². The van der Waals surface area contributed by atoms with Crippen LogP contribution in [-0.4, -0.2) is 23.9 Å². The number of nitrogens with one attached hydrogen (secondary N) is 1. The summed E-state index contributed by atoms with van der Waals surface area (Å²) in [4.78, 5) is 0. The molecule has 1 fully saturated rings. The van der Waals surface area contributed by atoms with E-state index in [0.29, 0.717) is 6.61 Å². The Kier molecular flexibility index (Phi) is 4.40. The van der Waals surface area contributed by atoms with Gasteiger partial charge >= 0.3 is 0 Å². The quantitative estimate of drug-likeness (QED) is 0.760. The lowest BCUT2D eigenvalue weighted by molar-refractivity contribution is 0.104. The summed E-state index contributed by atoms with van der Waals surface area (Å²) >= 11 is 0. The first kappa shape index (κ1) is 12.4. The predicted molar refractivity (Wildman–Crippen MR) is 68.1 cm³/mol. The van der Waals surface area contributed by atoms with E-state index >= 15 is 0 Å². The van der Waals surface area contributed by atoms with E-state index in [-0.39, 0.29) is 6.10 Å². The van der Waals surface area contributed by atoms with E-state index in [1.54, 1.807) is 0 Å². The highest BCUT2D eigenvalue weighted by Gasteiger charge is 2.19. The van der Waals surface area contributed by atoms with Crippen molar-refractivity contribution in [1.29, 1.82) is 0 Å². The summed E-state index contributed by atoms with van der Waals surface area (Å²) in [7, 11) is 0. The molecule has 0 aliphatic heterocycles. The molecule has 1 unspecified atom stereocenters. The van der Waals surface area contributed by atoms with Gasteiger partial charge in [0.25, 0.3) is 0 Å². The molecule has 1 atom stereocenters. The third-order valence-corrected chi connectivity index (χ3v) is 2.98. The molecule has 0 aromatic heterocycles. The van der Waals surface area contributed by atoms with E-state index in [1.165, 1.54) is 18.4 Å². The van der Waals surface area contributed by atoms with Crippen molar-refractivity contribution in [3.8, 4) is 5.75 Å². The van der Waals surface area contributed by atoms with Crippen molar-refractivity contribution in [1.82, 2.24) is 5.32 Å². The number of aliphatic hydroxyl groups is 1. The Morgan fingerprint density at radius 1 is 1.47 bits per heavy atom.